The number of halogens is 1. The topological polar surface area (TPSA) is 75.4 Å². The number of nitrogens with two attached hydrogens (primary N) is 1. The van der Waals surface area contributed by atoms with Crippen molar-refractivity contribution in [3.05, 3.63) is 64.7 Å². The molecule has 0 aliphatic carbocycles. The Hall–Kier alpha value is -2.53. The normalized spacial score (nSPS) is 18.0. The van der Waals surface area contributed by atoms with E-state index in [9.17, 15) is 9.59 Å². The number of nitrogens with one attached hydrogen (secondary N) is 1. The fourth-order valence-electron chi connectivity index (χ4n) is 3.09. The van der Waals surface area contributed by atoms with Crippen LogP contribution in [0.1, 0.15) is 24.1 Å². The van der Waals surface area contributed by atoms with E-state index in [1.807, 2.05) is 43.3 Å². The lowest BCUT2D eigenvalue weighted by Crippen LogP contribution is -2.54. The van der Waals surface area contributed by atoms with Gasteiger partial charge in [0.1, 0.15) is 6.04 Å². The van der Waals surface area contributed by atoms with E-state index in [2.05, 4.69) is 5.32 Å². The fraction of sp³-hybridized carbons (Fsp3) is 0.222. The molecule has 5 nitrogen and oxygen atoms in total. The molecule has 1 aliphatic rings. The molecule has 0 aromatic heterocycles. The summed E-state index contributed by atoms with van der Waals surface area (Å²) in [6.07, 6.45) is 0.395. The van der Waals surface area contributed by atoms with Crippen molar-refractivity contribution < 1.29 is 9.59 Å². The van der Waals surface area contributed by atoms with Gasteiger partial charge in [-0.2, -0.15) is 0 Å². The molecule has 0 fully saturated rings. The van der Waals surface area contributed by atoms with Gasteiger partial charge in [-0.15, -0.1) is 0 Å². The van der Waals surface area contributed by atoms with Crippen LogP contribution in [-0.2, 0) is 11.2 Å². The fourth-order valence-corrected chi connectivity index (χ4v) is 3.26. The van der Waals surface area contributed by atoms with Crippen LogP contribution in [0.25, 0.3) is 0 Å². The Morgan fingerprint density at radius 3 is 2.67 bits per heavy atom. The highest BCUT2D eigenvalue weighted by atomic mass is 35.5. The molecule has 0 saturated heterocycles. The predicted octanol–water partition coefficient (Wildman–Crippen LogP) is 3.03. The highest BCUT2D eigenvalue weighted by Crippen LogP contribution is 2.36. The standard InChI is InChI=1S/C18H18ClN3O2/c1-11(12-5-3-2-4-6-12)22-16-10-14(19)8-7-13(16)9-15(17(22)23)21-18(20)24/h2-8,10-11,15H,9H2,1H3,(H3,20,21,24)/t11-,15+/m0/s1. The number of hydrogen-bond acceptors (Lipinski definition) is 2. The second kappa shape index (κ2) is 6.53. The third-order valence-corrected chi connectivity index (χ3v) is 4.49. The summed E-state index contributed by atoms with van der Waals surface area (Å²) in [4.78, 5) is 25.9. The molecule has 3 amide bonds. The number of carbonyl (C=O) groups excluding carboxylic acids is 2. The van der Waals surface area contributed by atoms with Crippen LogP contribution in [0.2, 0.25) is 5.02 Å². The van der Waals surface area contributed by atoms with Crippen molar-refractivity contribution in [1.82, 2.24) is 5.32 Å². The van der Waals surface area contributed by atoms with Crippen LogP contribution in [0.5, 0.6) is 0 Å². The first-order valence-electron chi connectivity index (χ1n) is 7.70. The third-order valence-electron chi connectivity index (χ3n) is 4.25. The Bertz CT molecular complexity index is 779. The zero-order valence-corrected chi connectivity index (χ0v) is 14.0. The lowest BCUT2D eigenvalue weighted by Gasteiger charge is -2.38. The molecule has 24 heavy (non-hydrogen) atoms. The zero-order valence-electron chi connectivity index (χ0n) is 13.2. The lowest BCUT2D eigenvalue weighted by atomic mass is 9.94. The van der Waals surface area contributed by atoms with Gasteiger partial charge in [0.05, 0.1) is 6.04 Å². The van der Waals surface area contributed by atoms with Gasteiger partial charge in [0.15, 0.2) is 0 Å². The summed E-state index contributed by atoms with van der Waals surface area (Å²) >= 11 is 6.13. The highest BCUT2D eigenvalue weighted by Gasteiger charge is 2.36. The molecule has 0 spiro atoms. The summed E-state index contributed by atoms with van der Waals surface area (Å²) in [6.45, 7) is 1.95. The van der Waals surface area contributed by atoms with E-state index in [0.717, 1.165) is 16.8 Å². The minimum Gasteiger partial charge on any atom is -0.352 e. The number of primary amides is 1. The number of fused-ring (bicyclic) bond motifs is 1. The number of hydrogen-bond donors (Lipinski definition) is 2. The van der Waals surface area contributed by atoms with E-state index < -0.39 is 12.1 Å². The van der Waals surface area contributed by atoms with Gasteiger partial charge in [-0.3, -0.25) is 4.79 Å². The first kappa shape index (κ1) is 16.3. The molecule has 0 saturated carbocycles. The van der Waals surface area contributed by atoms with E-state index in [1.54, 1.807) is 17.0 Å². The summed E-state index contributed by atoms with van der Waals surface area (Å²) in [7, 11) is 0. The molecule has 0 bridgehead atoms. The van der Waals surface area contributed by atoms with Gasteiger partial charge in [-0.1, -0.05) is 48.0 Å². The summed E-state index contributed by atoms with van der Waals surface area (Å²) in [5.41, 5.74) is 7.93. The molecule has 2 aromatic rings. The second-order valence-corrected chi connectivity index (χ2v) is 6.27. The summed E-state index contributed by atoms with van der Waals surface area (Å²) in [5.74, 6) is -0.195. The van der Waals surface area contributed by atoms with E-state index in [1.165, 1.54) is 0 Å². The van der Waals surface area contributed by atoms with Gasteiger partial charge in [0.25, 0.3) is 5.91 Å². The molecule has 124 valence electrons. The molecule has 2 atom stereocenters. The number of carbonyl (C=O) groups is 2. The van der Waals surface area contributed by atoms with Gasteiger partial charge < -0.3 is 16.0 Å². The van der Waals surface area contributed by atoms with Gasteiger partial charge in [0, 0.05) is 17.1 Å². The van der Waals surface area contributed by atoms with E-state index >= 15 is 0 Å². The number of nitrogens with zero attached hydrogens (tertiary/aromatic N) is 1. The van der Waals surface area contributed by atoms with Crippen molar-refractivity contribution in [1.29, 1.82) is 0 Å². The van der Waals surface area contributed by atoms with Crippen molar-refractivity contribution in [2.24, 2.45) is 5.73 Å². The van der Waals surface area contributed by atoms with Gasteiger partial charge >= 0.3 is 6.03 Å². The minimum absolute atomic E-state index is 0.195. The third kappa shape index (κ3) is 3.08. The van der Waals surface area contributed by atoms with Crippen LogP contribution in [0.4, 0.5) is 10.5 Å². The minimum atomic E-state index is -0.710. The molecule has 6 heteroatoms. The lowest BCUT2D eigenvalue weighted by molar-refractivity contribution is -0.121. The quantitative estimate of drug-likeness (QED) is 0.898. The number of rotatable bonds is 3. The van der Waals surface area contributed by atoms with Gasteiger partial charge in [-0.25, -0.2) is 4.79 Å². The first-order chi connectivity index (χ1) is 11.5. The van der Waals surface area contributed by atoms with Crippen LogP contribution < -0.4 is 16.0 Å². The molecular formula is C18H18ClN3O2. The maximum absolute atomic E-state index is 13.0. The molecule has 0 unspecified atom stereocenters. The van der Waals surface area contributed by atoms with Gasteiger partial charge in [-0.05, 0) is 30.2 Å². The van der Waals surface area contributed by atoms with Crippen LogP contribution in [0, 0.1) is 0 Å². The Morgan fingerprint density at radius 2 is 2.00 bits per heavy atom. The maximum Gasteiger partial charge on any atom is 0.312 e. The second-order valence-electron chi connectivity index (χ2n) is 5.83. The van der Waals surface area contributed by atoms with Crippen molar-refractivity contribution >= 4 is 29.2 Å². The van der Waals surface area contributed by atoms with Crippen molar-refractivity contribution in [2.75, 3.05) is 4.90 Å². The molecular weight excluding hydrogens is 326 g/mol. The maximum atomic E-state index is 13.0. The summed E-state index contributed by atoms with van der Waals surface area (Å²) in [5, 5.41) is 3.10. The summed E-state index contributed by atoms with van der Waals surface area (Å²) < 4.78 is 0. The van der Waals surface area contributed by atoms with Crippen molar-refractivity contribution in [3.63, 3.8) is 0 Å². The Kier molecular flexibility index (Phi) is 4.44. The average Bonchev–Trinajstić information content (AvgIpc) is 2.56. The number of benzene rings is 2. The van der Waals surface area contributed by atoms with Gasteiger partial charge in [0.2, 0.25) is 0 Å². The molecule has 3 N–H and O–H groups in total. The molecule has 1 heterocycles. The van der Waals surface area contributed by atoms with Crippen LogP contribution >= 0.6 is 11.6 Å². The predicted molar refractivity (Wildman–Crippen MR) is 94.0 cm³/mol. The number of anilines is 1. The summed E-state index contributed by atoms with van der Waals surface area (Å²) in [6, 6.07) is 13.6. The SMILES string of the molecule is C[C@@H](c1ccccc1)N1C(=O)[C@H](NC(N)=O)Cc2ccc(Cl)cc21. The van der Waals surface area contributed by atoms with E-state index in [4.69, 9.17) is 17.3 Å². The Morgan fingerprint density at radius 1 is 1.29 bits per heavy atom. The van der Waals surface area contributed by atoms with Crippen molar-refractivity contribution in [2.45, 2.75) is 25.4 Å². The van der Waals surface area contributed by atoms with E-state index in [-0.39, 0.29) is 11.9 Å². The van der Waals surface area contributed by atoms with E-state index in [0.29, 0.717) is 11.4 Å². The van der Waals surface area contributed by atoms with Crippen molar-refractivity contribution in [3.8, 4) is 0 Å². The molecule has 0 radical (unpaired) electrons. The molecule has 2 aromatic carbocycles. The highest BCUT2D eigenvalue weighted by molar-refractivity contribution is 6.31. The monoisotopic (exact) mass is 343 g/mol. The Labute approximate surface area is 145 Å². The molecule has 1 aliphatic heterocycles. The average molecular weight is 344 g/mol. The first-order valence-corrected chi connectivity index (χ1v) is 8.07. The van der Waals surface area contributed by atoms with Crippen LogP contribution in [-0.4, -0.2) is 18.0 Å². The Balaban J connectivity index is 2.06. The van der Waals surface area contributed by atoms with Crippen LogP contribution in [0.15, 0.2) is 48.5 Å². The number of amides is 3. The zero-order chi connectivity index (χ0) is 17.3. The smallest absolute Gasteiger partial charge is 0.312 e. The largest absolute Gasteiger partial charge is 0.352 e. The number of urea groups is 1. The van der Waals surface area contributed by atoms with Crippen LogP contribution in [0.3, 0.4) is 0 Å². The molecule has 3 rings (SSSR count).